The predicted molar refractivity (Wildman–Crippen MR) is 87.8 cm³/mol. The van der Waals surface area contributed by atoms with Gasteiger partial charge in [0, 0.05) is 30.6 Å². The second-order valence-electron chi connectivity index (χ2n) is 6.02. The van der Waals surface area contributed by atoms with Crippen molar-refractivity contribution in [2.45, 2.75) is 32.6 Å². The van der Waals surface area contributed by atoms with Gasteiger partial charge >= 0.3 is 0 Å². The number of hydrogen-bond acceptors (Lipinski definition) is 4. The van der Waals surface area contributed by atoms with Crippen molar-refractivity contribution >= 4 is 5.95 Å². The minimum absolute atomic E-state index is 0.0665. The third-order valence-corrected chi connectivity index (χ3v) is 4.28. The number of benzene rings is 1. The van der Waals surface area contributed by atoms with E-state index in [1.807, 2.05) is 5.01 Å². The van der Waals surface area contributed by atoms with Crippen LogP contribution in [0.15, 0.2) is 23.0 Å². The van der Waals surface area contributed by atoms with Crippen LogP contribution in [-0.2, 0) is 6.42 Å². The fourth-order valence-corrected chi connectivity index (χ4v) is 2.83. The fraction of sp³-hybridized carbons (Fsp3) is 0.412. The number of halogens is 2. The van der Waals surface area contributed by atoms with Gasteiger partial charge < -0.3 is 0 Å². The Balaban J connectivity index is 1.88. The van der Waals surface area contributed by atoms with Crippen LogP contribution in [-0.4, -0.2) is 28.1 Å². The topological polar surface area (TPSA) is 61.0 Å². The van der Waals surface area contributed by atoms with Crippen molar-refractivity contribution in [3.63, 3.8) is 0 Å². The lowest BCUT2D eigenvalue weighted by Gasteiger charge is -2.27. The molecule has 3 rings (SSSR count). The molecule has 128 valence electrons. The van der Waals surface area contributed by atoms with Gasteiger partial charge in [-0.15, -0.1) is 0 Å². The Labute approximate surface area is 138 Å². The van der Waals surface area contributed by atoms with Crippen LogP contribution in [0.25, 0.3) is 0 Å². The molecule has 0 bridgehead atoms. The van der Waals surface area contributed by atoms with Gasteiger partial charge in [0.2, 0.25) is 5.95 Å². The van der Waals surface area contributed by atoms with Crippen molar-refractivity contribution in [1.82, 2.24) is 15.0 Å². The van der Waals surface area contributed by atoms with Gasteiger partial charge in [0.25, 0.3) is 5.56 Å². The molecule has 1 aromatic carbocycles. The maximum absolute atomic E-state index is 13.9. The summed E-state index contributed by atoms with van der Waals surface area (Å²) in [4.78, 5) is 19.2. The summed E-state index contributed by atoms with van der Waals surface area (Å²) in [6.45, 7) is 3.34. The third-order valence-electron chi connectivity index (χ3n) is 4.28. The van der Waals surface area contributed by atoms with Crippen molar-refractivity contribution in [3.05, 3.63) is 57.0 Å². The average molecular weight is 334 g/mol. The molecular formula is C17H20F2N4O. The molecule has 0 spiro atoms. The van der Waals surface area contributed by atoms with E-state index in [2.05, 4.69) is 15.4 Å². The normalized spacial score (nSPS) is 15.5. The molecule has 2 N–H and O–H groups in total. The second kappa shape index (κ2) is 7.09. The molecule has 0 saturated carbocycles. The first-order chi connectivity index (χ1) is 11.5. The molecule has 24 heavy (non-hydrogen) atoms. The fourth-order valence-electron chi connectivity index (χ4n) is 2.83. The Morgan fingerprint density at radius 1 is 1.21 bits per heavy atom. The first-order valence-corrected chi connectivity index (χ1v) is 8.09. The van der Waals surface area contributed by atoms with E-state index in [4.69, 9.17) is 0 Å². The number of hydrogen-bond donors (Lipinski definition) is 2. The van der Waals surface area contributed by atoms with Gasteiger partial charge in [-0.25, -0.2) is 18.8 Å². The van der Waals surface area contributed by atoms with E-state index in [-0.39, 0.29) is 17.5 Å². The highest BCUT2D eigenvalue weighted by molar-refractivity contribution is 5.33. The number of anilines is 1. The van der Waals surface area contributed by atoms with Crippen LogP contribution < -0.4 is 11.0 Å². The van der Waals surface area contributed by atoms with Crippen LogP contribution in [0.2, 0.25) is 0 Å². The molecule has 7 heteroatoms. The number of rotatable bonds is 4. The Kier molecular flexibility index (Phi) is 4.89. The van der Waals surface area contributed by atoms with Crippen molar-refractivity contribution in [1.29, 1.82) is 0 Å². The van der Waals surface area contributed by atoms with Gasteiger partial charge in [-0.05, 0) is 31.9 Å². The Morgan fingerprint density at radius 2 is 1.88 bits per heavy atom. The number of nitrogens with zero attached hydrogens (tertiary/aromatic N) is 2. The summed E-state index contributed by atoms with van der Waals surface area (Å²) in [5.74, 6) is -0.969. The zero-order chi connectivity index (χ0) is 17.1. The van der Waals surface area contributed by atoms with Crippen molar-refractivity contribution in [3.8, 4) is 0 Å². The summed E-state index contributed by atoms with van der Waals surface area (Å²) in [6.07, 6.45) is 3.28. The maximum Gasteiger partial charge on any atom is 0.255 e. The highest BCUT2D eigenvalue weighted by Gasteiger charge is 2.16. The molecule has 1 aliphatic heterocycles. The SMILES string of the molecule is Cc1c(Cc2c(F)cccc2F)nc(NN2CCCCC2)[nH]c1=O. The van der Waals surface area contributed by atoms with Crippen LogP contribution in [0.4, 0.5) is 14.7 Å². The van der Waals surface area contributed by atoms with Crippen LogP contribution in [0.1, 0.15) is 36.1 Å². The van der Waals surface area contributed by atoms with Gasteiger partial charge in [0.15, 0.2) is 0 Å². The molecule has 0 radical (unpaired) electrons. The largest absolute Gasteiger partial charge is 0.291 e. The van der Waals surface area contributed by atoms with Crippen LogP contribution in [0, 0.1) is 18.6 Å². The highest BCUT2D eigenvalue weighted by Crippen LogP contribution is 2.18. The Bertz CT molecular complexity index is 764. The van der Waals surface area contributed by atoms with Crippen molar-refractivity contribution in [2.24, 2.45) is 0 Å². The van der Waals surface area contributed by atoms with Gasteiger partial charge in [-0.2, -0.15) is 0 Å². The van der Waals surface area contributed by atoms with E-state index in [1.165, 1.54) is 24.6 Å². The van der Waals surface area contributed by atoms with E-state index in [9.17, 15) is 13.6 Å². The minimum atomic E-state index is -0.637. The Morgan fingerprint density at radius 3 is 2.54 bits per heavy atom. The van der Waals surface area contributed by atoms with E-state index in [1.54, 1.807) is 6.92 Å². The molecule has 0 aliphatic carbocycles. The maximum atomic E-state index is 13.9. The number of piperidine rings is 1. The molecule has 1 aromatic heterocycles. The molecule has 0 amide bonds. The average Bonchev–Trinajstić information content (AvgIpc) is 2.56. The number of nitrogens with one attached hydrogen (secondary N) is 2. The predicted octanol–water partition coefficient (Wildman–Crippen LogP) is 2.76. The quantitative estimate of drug-likeness (QED) is 0.903. The molecule has 5 nitrogen and oxygen atoms in total. The molecule has 0 atom stereocenters. The lowest BCUT2D eigenvalue weighted by atomic mass is 10.1. The molecule has 1 saturated heterocycles. The minimum Gasteiger partial charge on any atom is -0.291 e. The monoisotopic (exact) mass is 334 g/mol. The van der Waals surface area contributed by atoms with E-state index < -0.39 is 11.6 Å². The number of aromatic nitrogens is 2. The van der Waals surface area contributed by atoms with E-state index >= 15 is 0 Å². The number of H-pyrrole nitrogens is 1. The molecule has 1 aliphatic rings. The van der Waals surface area contributed by atoms with E-state index in [0.717, 1.165) is 25.9 Å². The molecule has 1 fully saturated rings. The number of aromatic amines is 1. The zero-order valence-electron chi connectivity index (χ0n) is 13.5. The standard InChI is InChI=1S/C17H20F2N4O/c1-11-15(10-12-13(18)6-5-7-14(12)19)20-17(21-16(11)24)22-23-8-3-2-4-9-23/h5-7H,2-4,8-10H2,1H3,(H2,20,21,22,24). The lowest BCUT2D eigenvalue weighted by Crippen LogP contribution is -2.36. The summed E-state index contributed by atoms with van der Waals surface area (Å²) >= 11 is 0. The summed E-state index contributed by atoms with van der Waals surface area (Å²) in [5.41, 5.74) is 3.42. The first-order valence-electron chi connectivity index (χ1n) is 8.09. The van der Waals surface area contributed by atoms with Gasteiger partial charge in [0.1, 0.15) is 11.6 Å². The summed E-state index contributed by atoms with van der Waals surface area (Å²) in [7, 11) is 0. The van der Waals surface area contributed by atoms with Crippen LogP contribution in [0.3, 0.4) is 0 Å². The van der Waals surface area contributed by atoms with Gasteiger partial charge in [-0.3, -0.25) is 15.2 Å². The molecule has 2 heterocycles. The lowest BCUT2D eigenvalue weighted by molar-refractivity contribution is 0.271. The van der Waals surface area contributed by atoms with Crippen molar-refractivity contribution in [2.75, 3.05) is 18.5 Å². The highest BCUT2D eigenvalue weighted by atomic mass is 19.1. The van der Waals surface area contributed by atoms with Crippen LogP contribution >= 0.6 is 0 Å². The summed E-state index contributed by atoms with van der Waals surface area (Å²) in [6, 6.07) is 3.72. The molecule has 2 aromatic rings. The molecular weight excluding hydrogens is 314 g/mol. The van der Waals surface area contributed by atoms with E-state index in [0.29, 0.717) is 17.2 Å². The Hall–Kier alpha value is -2.28. The first kappa shape index (κ1) is 16.6. The zero-order valence-corrected chi connectivity index (χ0v) is 13.5. The smallest absolute Gasteiger partial charge is 0.255 e. The van der Waals surface area contributed by atoms with Gasteiger partial charge in [0.05, 0.1) is 5.69 Å². The summed E-state index contributed by atoms with van der Waals surface area (Å²) < 4.78 is 27.7. The van der Waals surface area contributed by atoms with Crippen LogP contribution in [0.5, 0.6) is 0 Å². The van der Waals surface area contributed by atoms with Crippen molar-refractivity contribution < 1.29 is 8.78 Å². The third kappa shape index (κ3) is 3.62. The summed E-state index contributed by atoms with van der Waals surface area (Å²) in [5, 5.41) is 1.99. The van der Waals surface area contributed by atoms with Gasteiger partial charge in [-0.1, -0.05) is 12.5 Å². The number of hydrazine groups is 1. The molecule has 0 unspecified atom stereocenters. The second-order valence-corrected chi connectivity index (χ2v) is 6.02.